The van der Waals surface area contributed by atoms with Crippen molar-refractivity contribution in [1.82, 2.24) is 14.9 Å². The van der Waals surface area contributed by atoms with Gasteiger partial charge in [0.05, 0.1) is 17.6 Å². The van der Waals surface area contributed by atoms with Crippen molar-refractivity contribution in [3.05, 3.63) is 40.1 Å². The van der Waals surface area contributed by atoms with E-state index in [1.807, 2.05) is 13.0 Å². The fourth-order valence-electron chi connectivity index (χ4n) is 2.72. The number of hydrogen-bond acceptors (Lipinski definition) is 6. The highest BCUT2D eigenvalue weighted by Gasteiger charge is 2.22. The smallest absolute Gasteiger partial charge is 0.269 e. The molecule has 3 heterocycles. The van der Waals surface area contributed by atoms with E-state index >= 15 is 0 Å². The number of nitrogens with two attached hydrogens (primary N) is 1. The SMILES string of the molecule is CCc1cc(Cn2ncc(N3CC[C@@H](CN)C3)cc2=O)on1. The molecule has 0 amide bonds. The van der Waals surface area contributed by atoms with E-state index in [2.05, 4.69) is 15.2 Å². The van der Waals surface area contributed by atoms with E-state index in [0.717, 1.165) is 37.3 Å². The predicted molar refractivity (Wildman–Crippen MR) is 82.9 cm³/mol. The second kappa shape index (κ2) is 6.31. The molecule has 0 aliphatic carbocycles. The first kappa shape index (κ1) is 14.8. The van der Waals surface area contributed by atoms with Crippen molar-refractivity contribution in [2.45, 2.75) is 26.3 Å². The van der Waals surface area contributed by atoms with Crippen molar-refractivity contribution in [1.29, 1.82) is 0 Å². The monoisotopic (exact) mass is 303 g/mol. The van der Waals surface area contributed by atoms with Crippen LogP contribution >= 0.6 is 0 Å². The van der Waals surface area contributed by atoms with Gasteiger partial charge in [-0.3, -0.25) is 4.79 Å². The third-order valence-corrected chi connectivity index (χ3v) is 4.12. The van der Waals surface area contributed by atoms with E-state index < -0.39 is 0 Å². The molecule has 22 heavy (non-hydrogen) atoms. The average Bonchev–Trinajstić information content (AvgIpc) is 3.18. The molecular weight excluding hydrogens is 282 g/mol. The largest absolute Gasteiger partial charge is 0.370 e. The molecule has 1 aliphatic rings. The lowest BCUT2D eigenvalue weighted by Crippen LogP contribution is -2.27. The van der Waals surface area contributed by atoms with Crippen molar-refractivity contribution < 1.29 is 4.52 Å². The average molecular weight is 303 g/mol. The zero-order valence-corrected chi connectivity index (χ0v) is 12.7. The fraction of sp³-hybridized carbons (Fsp3) is 0.533. The van der Waals surface area contributed by atoms with Crippen LogP contribution in [0.4, 0.5) is 5.69 Å². The van der Waals surface area contributed by atoms with Gasteiger partial charge in [-0.1, -0.05) is 12.1 Å². The molecule has 0 aromatic carbocycles. The van der Waals surface area contributed by atoms with Gasteiger partial charge in [0.25, 0.3) is 5.56 Å². The number of anilines is 1. The molecular formula is C15H21N5O2. The highest BCUT2D eigenvalue weighted by Crippen LogP contribution is 2.21. The van der Waals surface area contributed by atoms with Crippen LogP contribution in [0.5, 0.6) is 0 Å². The van der Waals surface area contributed by atoms with Gasteiger partial charge in [-0.2, -0.15) is 5.10 Å². The summed E-state index contributed by atoms with van der Waals surface area (Å²) in [5.41, 5.74) is 7.31. The van der Waals surface area contributed by atoms with Crippen molar-refractivity contribution >= 4 is 5.69 Å². The minimum atomic E-state index is -0.136. The molecule has 0 saturated carbocycles. The molecule has 7 heteroatoms. The van der Waals surface area contributed by atoms with Crippen LogP contribution in [0.15, 0.2) is 27.6 Å². The molecule has 0 unspecified atom stereocenters. The fourth-order valence-corrected chi connectivity index (χ4v) is 2.72. The number of aryl methyl sites for hydroxylation is 1. The Morgan fingerprint density at radius 3 is 2.95 bits per heavy atom. The van der Waals surface area contributed by atoms with E-state index in [4.69, 9.17) is 10.3 Å². The molecule has 7 nitrogen and oxygen atoms in total. The molecule has 0 bridgehead atoms. The predicted octanol–water partition coefficient (Wildman–Crippen LogP) is 0.627. The first-order chi connectivity index (χ1) is 10.7. The number of hydrogen-bond donors (Lipinski definition) is 1. The van der Waals surface area contributed by atoms with Crippen LogP contribution < -0.4 is 16.2 Å². The van der Waals surface area contributed by atoms with Crippen LogP contribution in [0.25, 0.3) is 0 Å². The zero-order chi connectivity index (χ0) is 15.5. The Hall–Kier alpha value is -2.15. The number of rotatable bonds is 5. The van der Waals surface area contributed by atoms with Crippen LogP contribution in [-0.2, 0) is 13.0 Å². The summed E-state index contributed by atoms with van der Waals surface area (Å²) in [4.78, 5) is 14.4. The maximum atomic E-state index is 12.2. The summed E-state index contributed by atoms with van der Waals surface area (Å²) in [6.45, 7) is 4.81. The Morgan fingerprint density at radius 2 is 2.32 bits per heavy atom. The van der Waals surface area contributed by atoms with Gasteiger partial charge in [-0.15, -0.1) is 0 Å². The summed E-state index contributed by atoms with van der Waals surface area (Å²) in [7, 11) is 0. The van der Waals surface area contributed by atoms with Crippen LogP contribution in [-0.4, -0.2) is 34.6 Å². The van der Waals surface area contributed by atoms with Gasteiger partial charge in [-0.05, 0) is 25.3 Å². The van der Waals surface area contributed by atoms with Gasteiger partial charge in [-0.25, -0.2) is 4.68 Å². The van der Waals surface area contributed by atoms with Gasteiger partial charge in [0.1, 0.15) is 6.54 Å². The van der Waals surface area contributed by atoms with Crippen LogP contribution in [0.1, 0.15) is 24.8 Å². The molecule has 1 saturated heterocycles. The Morgan fingerprint density at radius 1 is 1.45 bits per heavy atom. The molecule has 1 fully saturated rings. The highest BCUT2D eigenvalue weighted by molar-refractivity contribution is 5.44. The van der Waals surface area contributed by atoms with Crippen molar-refractivity contribution in [3.8, 4) is 0 Å². The Balaban J connectivity index is 1.73. The van der Waals surface area contributed by atoms with E-state index in [1.54, 1.807) is 12.3 Å². The topological polar surface area (TPSA) is 90.2 Å². The van der Waals surface area contributed by atoms with Gasteiger partial charge in [0.2, 0.25) is 0 Å². The third-order valence-electron chi connectivity index (χ3n) is 4.12. The molecule has 2 aromatic rings. The molecule has 2 aromatic heterocycles. The summed E-state index contributed by atoms with van der Waals surface area (Å²) in [6.07, 6.45) is 3.61. The second-order valence-electron chi connectivity index (χ2n) is 5.68. The summed E-state index contributed by atoms with van der Waals surface area (Å²) in [5, 5.41) is 8.17. The summed E-state index contributed by atoms with van der Waals surface area (Å²) >= 11 is 0. The number of nitrogens with zero attached hydrogens (tertiary/aromatic N) is 4. The van der Waals surface area contributed by atoms with Crippen molar-refractivity contribution in [2.75, 3.05) is 24.5 Å². The maximum absolute atomic E-state index is 12.2. The summed E-state index contributed by atoms with van der Waals surface area (Å²) in [5.74, 6) is 1.15. The van der Waals surface area contributed by atoms with E-state index in [0.29, 0.717) is 24.8 Å². The molecule has 1 aliphatic heterocycles. The van der Waals surface area contributed by atoms with E-state index in [-0.39, 0.29) is 5.56 Å². The Kier molecular flexibility index (Phi) is 4.24. The molecule has 118 valence electrons. The molecule has 0 spiro atoms. The van der Waals surface area contributed by atoms with E-state index in [9.17, 15) is 4.79 Å². The van der Waals surface area contributed by atoms with Gasteiger partial charge < -0.3 is 15.2 Å². The van der Waals surface area contributed by atoms with Crippen molar-refractivity contribution in [3.63, 3.8) is 0 Å². The third kappa shape index (κ3) is 3.04. The molecule has 0 radical (unpaired) electrons. The van der Waals surface area contributed by atoms with Gasteiger partial charge in [0, 0.05) is 25.2 Å². The lowest BCUT2D eigenvalue weighted by Gasteiger charge is -2.18. The number of aromatic nitrogens is 3. The second-order valence-corrected chi connectivity index (χ2v) is 5.68. The van der Waals surface area contributed by atoms with Gasteiger partial charge >= 0.3 is 0 Å². The molecule has 2 N–H and O–H groups in total. The molecule has 3 rings (SSSR count). The van der Waals surface area contributed by atoms with Crippen LogP contribution in [0.2, 0.25) is 0 Å². The normalized spacial score (nSPS) is 18.1. The highest BCUT2D eigenvalue weighted by atomic mass is 16.5. The zero-order valence-electron chi connectivity index (χ0n) is 12.7. The lowest BCUT2D eigenvalue weighted by molar-refractivity contribution is 0.364. The van der Waals surface area contributed by atoms with E-state index in [1.165, 1.54) is 4.68 Å². The quantitative estimate of drug-likeness (QED) is 0.871. The molecule has 1 atom stereocenters. The minimum absolute atomic E-state index is 0.136. The first-order valence-corrected chi connectivity index (χ1v) is 7.66. The Bertz CT molecular complexity index is 693. The summed E-state index contributed by atoms with van der Waals surface area (Å²) < 4.78 is 6.59. The van der Waals surface area contributed by atoms with Gasteiger partial charge in [0.15, 0.2) is 5.76 Å². The van der Waals surface area contributed by atoms with Crippen LogP contribution in [0.3, 0.4) is 0 Å². The summed E-state index contributed by atoms with van der Waals surface area (Å²) in [6, 6.07) is 3.48. The standard InChI is InChI=1S/C15H21N5O2/c1-2-12-5-14(22-18-12)10-20-15(21)6-13(8-17-20)19-4-3-11(7-16)9-19/h5-6,8,11H,2-4,7,9-10,16H2,1H3/t11-/m0/s1. The minimum Gasteiger partial charge on any atom is -0.370 e. The first-order valence-electron chi connectivity index (χ1n) is 7.66. The maximum Gasteiger partial charge on any atom is 0.269 e. The lowest BCUT2D eigenvalue weighted by atomic mass is 10.1. The Labute approximate surface area is 128 Å². The van der Waals surface area contributed by atoms with Crippen molar-refractivity contribution in [2.24, 2.45) is 11.7 Å². The van der Waals surface area contributed by atoms with Crippen LogP contribution in [0, 0.1) is 5.92 Å².